The zero-order chi connectivity index (χ0) is 22.0. The van der Waals surface area contributed by atoms with Crippen molar-refractivity contribution in [3.63, 3.8) is 0 Å². The predicted molar refractivity (Wildman–Crippen MR) is 120 cm³/mol. The van der Waals surface area contributed by atoms with Crippen molar-refractivity contribution in [1.82, 2.24) is 24.0 Å². The average molecular weight is 461 g/mol. The van der Waals surface area contributed by atoms with E-state index in [1.54, 1.807) is 34.5 Å². The fraction of sp³-hybridized carbons (Fsp3) is 0.350. The summed E-state index contributed by atoms with van der Waals surface area (Å²) < 4.78 is 29.2. The predicted octanol–water partition coefficient (Wildman–Crippen LogP) is 2.12. The van der Waals surface area contributed by atoms with Crippen LogP contribution in [0.15, 0.2) is 46.9 Å². The molecule has 3 aromatic rings. The lowest BCUT2D eigenvalue weighted by Crippen LogP contribution is -2.48. The van der Waals surface area contributed by atoms with Gasteiger partial charge in [0.05, 0.1) is 11.1 Å². The number of aromatic nitrogens is 3. The zero-order valence-corrected chi connectivity index (χ0v) is 19.0. The van der Waals surface area contributed by atoms with Crippen molar-refractivity contribution < 1.29 is 13.2 Å². The minimum atomic E-state index is -3.61. The number of hydrogen-bond donors (Lipinski definition) is 1. The molecule has 1 aromatic carbocycles. The zero-order valence-electron chi connectivity index (χ0n) is 17.4. The lowest BCUT2D eigenvalue weighted by molar-refractivity contribution is 0.102. The number of nitrogens with one attached hydrogen (secondary N) is 1. The average Bonchev–Trinajstić information content (AvgIpc) is 3.43. The van der Waals surface area contributed by atoms with Gasteiger partial charge in [0.2, 0.25) is 10.0 Å². The normalized spacial score (nSPS) is 15.8. The van der Waals surface area contributed by atoms with E-state index in [0.717, 1.165) is 25.2 Å². The molecule has 0 saturated carbocycles. The monoisotopic (exact) mass is 460 g/mol. The van der Waals surface area contributed by atoms with Crippen LogP contribution in [0.1, 0.15) is 17.4 Å². The third-order valence-electron chi connectivity index (χ3n) is 5.20. The fourth-order valence-corrected chi connectivity index (χ4v) is 5.65. The van der Waals surface area contributed by atoms with Gasteiger partial charge in [-0.3, -0.25) is 9.48 Å². The van der Waals surface area contributed by atoms with Gasteiger partial charge in [-0.15, -0.1) is 11.3 Å². The minimum absolute atomic E-state index is 0.171. The molecule has 164 valence electrons. The van der Waals surface area contributed by atoms with Crippen LogP contribution >= 0.6 is 11.3 Å². The van der Waals surface area contributed by atoms with Crippen LogP contribution in [-0.2, 0) is 17.1 Å². The number of carbonyl (C=O) groups is 1. The first-order chi connectivity index (χ1) is 14.9. The van der Waals surface area contributed by atoms with E-state index < -0.39 is 15.9 Å². The Morgan fingerprint density at radius 2 is 2.00 bits per heavy atom. The molecule has 1 fully saturated rings. The largest absolute Gasteiger partial charge is 0.321 e. The Morgan fingerprint density at radius 1 is 1.23 bits per heavy atom. The lowest BCUT2D eigenvalue weighted by atomic mass is 10.3. The van der Waals surface area contributed by atoms with Crippen molar-refractivity contribution in [2.45, 2.75) is 11.8 Å². The van der Waals surface area contributed by atoms with Crippen LogP contribution in [0.3, 0.4) is 0 Å². The summed E-state index contributed by atoms with van der Waals surface area (Å²) in [6, 6.07) is 6.35. The number of thiazole rings is 1. The molecule has 4 rings (SSSR count). The van der Waals surface area contributed by atoms with E-state index in [2.05, 4.69) is 27.2 Å². The van der Waals surface area contributed by atoms with Crippen LogP contribution in [0.2, 0.25) is 0 Å². The number of benzene rings is 1. The van der Waals surface area contributed by atoms with E-state index in [-0.39, 0.29) is 10.6 Å². The summed E-state index contributed by atoms with van der Waals surface area (Å²) in [4.78, 5) is 19.4. The Kier molecular flexibility index (Phi) is 6.19. The summed E-state index contributed by atoms with van der Waals surface area (Å²) in [6.45, 7) is 5.34. The molecule has 1 aliphatic rings. The molecule has 31 heavy (non-hydrogen) atoms. The first-order valence-electron chi connectivity index (χ1n) is 9.95. The highest BCUT2D eigenvalue weighted by molar-refractivity contribution is 7.89. The van der Waals surface area contributed by atoms with Crippen LogP contribution in [0.25, 0.3) is 10.6 Å². The molecular weight excluding hydrogens is 436 g/mol. The van der Waals surface area contributed by atoms with Crippen molar-refractivity contribution in [1.29, 1.82) is 0 Å². The molecule has 1 N–H and O–H groups in total. The molecule has 0 unspecified atom stereocenters. The van der Waals surface area contributed by atoms with Gasteiger partial charge in [-0.05, 0) is 24.7 Å². The van der Waals surface area contributed by atoms with Gasteiger partial charge in [0.1, 0.15) is 10.7 Å². The van der Waals surface area contributed by atoms with E-state index in [1.165, 1.54) is 21.7 Å². The van der Waals surface area contributed by atoms with Crippen molar-refractivity contribution in [2.24, 2.45) is 7.05 Å². The number of anilines is 1. The second kappa shape index (κ2) is 8.87. The summed E-state index contributed by atoms with van der Waals surface area (Å²) >= 11 is 1.35. The van der Waals surface area contributed by atoms with Crippen LogP contribution in [0, 0.1) is 0 Å². The molecule has 1 aliphatic heterocycles. The van der Waals surface area contributed by atoms with Gasteiger partial charge in [0.25, 0.3) is 5.91 Å². The molecule has 1 amide bonds. The Bertz CT molecular complexity index is 1180. The minimum Gasteiger partial charge on any atom is -0.321 e. The maximum absolute atomic E-state index is 13.0. The fourth-order valence-electron chi connectivity index (χ4n) is 3.41. The number of likely N-dealkylation sites (N-methyl/N-ethyl adjacent to an activating group) is 1. The van der Waals surface area contributed by atoms with Gasteiger partial charge in [-0.2, -0.15) is 9.40 Å². The molecule has 0 spiro atoms. The summed E-state index contributed by atoms with van der Waals surface area (Å²) in [5, 5.41) is 9.23. The molecule has 0 radical (unpaired) electrons. The smallest absolute Gasteiger partial charge is 0.275 e. The summed E-state index contributed by atoms with van der Waals surface area (Å²) in [5.74, 6) is -0.391. The third-order valence-corrected chi connectivity index (χ3v) is 7.98. The highest BCUT2D eigenvalue weighted by Gasteiger charge is 2.28. The van der Waals surface area contributed by atoms with Crippen LogP contribution < -0.4 is 5.32 Å². The third kappa shape index (κ3) is 4.69. The molecule has 3 heterocycles. The van der Waals surface area contributed by atoms with Gasteiger partial charge in [-0.25, -0.2) is 13.4 Å². The number of aryl methyl sites for hydroxylation is 1. The van der Waals surface area contributed by atoms with Gasteiger partial charge in [-0.1, -0.05) is 13.0 Å². The van der Waals surface area contributed by atoms with Crippen molar-refractivity contribution in [2.75, 3.05) is 38.0 Å². The number of carbonyl (C=O) groups excluding carboxylic acids is 1. The van der Waals surface area contributed by atoms with E-state index in [9.17, 15) is 13.2 Å². The summed E-state index contributed by atoms with van der Waals surface area (Å²) in [6.07, 6.45) is 3.52. The van der Waals surface area contributed by atoms with Gasteiger partial charge >= 0.3 is 0 Å². The Hall–Kier alpha value is -2.60. The number of rotatable bonds is 6. The molecule has 2 aromatic heterocycles. The van der Waals surface area contributed by atoms with Gasteiger partial charge in [0.15, 0.2) is 0 Å². The molecule has 0 bridgehead atoms. The van der Waals surface area contributed by atoms with Crippen molar-refractivity contribution in [3.8, 4) is 10.6 Å². The lowest BCUT2D eigenvalue weighted by Gasteiger charge is -2.33. The highest BCUT2D eigenvalue weighted by Crippen LogP contribution is 2.24. The molecule has 9 nitrogen and oxygen atoms in total. The molecule has 0 atom stereocenters. The molecule has 1 saturated heterocycles. The van der Waals surface area contributed by atoms with Crippen molar-refractivity contribution in [3.05, 3.63) is 47.7 Å². The van der Waals surface area contributed by atoms with E-state index in [0.29, 0.717) is 23.8 Å². The number of sulfonamides is 1. The second-order valence-electron chi connectivity index (χ2n) is 7.26. The van der Waals surface area contributed by atoms with E-state index in [1.807, 2.05) is 13.2 Å². The summed E-state index contributed by atoms with van der Waals surface area (Å²) in [5.41, 5.74) is 1.52. The molecule has 11 heteroatoms. The summed E-state index contributed by atoms with van der Waals surface area (Å²) in [7, 11) is -1.80. The number of nitrogens with zero attached hydrogens (tertiary/aromatic N) is 5. The van der Waals surface area contributed by atoms with Gasteiger partial charge < -0.3 is 10.2 Å². The highest BCUT2D eigenvalue weighted by atomic mass is 32.2. The van der Waals surface area contributed by atoms with Crippen LogP contribution in [0.4, 0.5) is 5.69 Å². The first-order valence-corrected chi connectivity index (χ1v) is 12.3. The number of piperazine rings is 1. The first kappa shape index (κ1) is 21.6. The molecular formula is C20H24N6O3S2. The molecule has 0 aliphatic carbocycles. The number of hydrogen-bond acceptors (Lipinski definition) is 7. The van der Waals surface area contributed by atoms with Crippen LogP contribution in [-0.4, -0.2) is 71.0 Å². The quantitative estimate of drug-likeness (QED) is 0.605. The van der Waals surface area contributed by atoms with Crippen molar-refractivity contribution >= 4 is 33.0 Å². The SMILES string of the molecule is CCN1CCN(S(=O)(=O)c2cccc(NC(=O)c3csc(-c4cnn(C)c4)n3)c2)CC1. The standard InChI is InChI=1S/C20H24N6O3S2/c1-3-25-7-9-26(10-8-25)31(28,29)17-6-4-5-16(11-17)22-19(27)18-14-30-20(23-18)15-12-21-24(2)13-15/h4-6,11-14H,3,7-10H2,1-2H3,(H,22,27). The maximum atomic E-state index is 13.0. The van der Waals surface area contributed by atoms with E-state index in [4.69, 9.17) is 0 Å². The second-order valence-corrected chi connectivity index (χ2v) is 10.1. The Morgan fingerprint density at radius 3 is 2.68 bits per heavy atom. The topological polar surface area (TPSA) is 100 Å². The Balaban J connectivity index is 1.47. The maximum Gasteiger partial charge on any atom is 0.275 e. The van der Waals surface area contributed by atoms with E-state index >= 15 is 0 Å². The van der Waals surface area contributed by atoms with Crippen LogP contribution in [0.5, 0.6) is 0 Å². The van der Waals surface area contributed by atoms with Gasteiger partial charge in [0, 0.05) is 56.1 Å². The number of amides is 1. The Labute approximate surface area is 185 Å².